The molecule has 7 aromatic carbocycles. The lowest BCUT2D eigenvalue weighted by Crippen LogP contribution is -2.06. The second kappa shape index (κ2) is 14.6. The first-order valence-corrected chi connectivity index (χ1v) is 17.1. The van der Waals surface area contributed by atoms with E-state index in [1.807, 2.05) is 135 Å². The predicted molar refractivity (Wildman–Crippen MR) is 206 cm³/mol. The van der Waals surface area contributed by atoms with Crippen molar-refractivity contribution >= 4 is 23.1 Å². The van der Waals surface area contributed by atoms with Gasteiger partial charge in [-0.2, -0.15) is 0 Å². The molecule has 0 heterocycles. The van der Waals surface area contributed by atoms with Crippen LogP contribution < -0.4 is 0 Å². The second-order valence-electron chi connectivity index (χ2n) is 12.9. The first-order valence-electron chi connectivity index (χ1n) is 17.1. The molecule has 7 rings (SSSR count). The van der Waals surface area contributed by atoms with Gasteiger partial charge in [0.25, 0.3) is 0 Å². The highest BCUT2D eigenvalue weighted by molar-refractivity contribution is 6.13. The molecular weight excluding hydrogens is 641 g/mol. The Kier molecular flexibility index (Phi) is 9.46. The zero-order chi connectivity index (χ0) is 36.2. The topological polar surface area (TPSA) is 68.3 Å². The molecule has 0 fully saturated rings. The molecule has 0 saturated carbocycles. The van der Waals surface area contributed by atoms with Crippen molar-refractivity contribution in [2.75, 3.05) is 0 Å². The van der Waals surface area contributed by atoms with Gasteiger partial charge in [0.1, 0.15) is 0 Å². The predicted octanol–water partition coefficient (Wildman–Crippen LogP) is 10.6. The summed E-state index contributed by atoms with van der Waals surface area (Å²) >= 11 is 0. The average Bonchev–Trinajstić information content (AvgIpc) is 3.20. The molecule has 4 heteroatoms. The van der Waals surface area contributed by atoms with Gasteiger partial charge < -0.3 is 0 Å². The summed E-state index contributed by atoms with van der Waals surface area (Å²) in [5.74, 6) is -0.416. The van der Waals surface area contributed by atoms with Crippen molar-refractivity contribution in [2.24, 2.45) is 0 Å². The summed E-state index contributed by atoms with van der Waals surface area (Å²) in [6.45, 7) is 3.98. The lowest BCUT2D eigenvalue weighted by atomic mass is 9.95. The van der Waals surface area contributed by atoms with E-state index in [2.05, 4.69) is 0 Å². The maximum absolute atomic E-state index is 13.5. The van der Waals surface area contributed by atoms with Crippen molar-refractivity contribution in [3.05, 3.63) is 225 Å². The Labute approximate surface area is 303 Å². The molecule has 4 nitrogen and oxygen atoms in total. The number of aryl methyl sites for hydroxylation is 2. The Bertz CT molecular complexity index is 2250. The van der Waals surface area contributed by atoms with Crippen molar-refractivity contribution in [2.45, 2.75) is 13.8 Å². The zero-order valence-electron chi connectivity index (χ0n) is 28.8. The summed E-state index contributed by atoms with van der Waals surface area (Å²) in [4.78, 5) is 52.7. The van der Waals surface area contributed by atoms with Gasteiger partial charge in [0, 0.05) is 44.5 Å². The average molecular weight is 675 g/mol. The van der Waals surface area contributed by atoms with Gasteiger partial charge in [-0.3, -0.25) is 19.2 Å². The van der Waals surface area contributed by atoms with Crippen LogP contribution in [0.2, 0.25) is 0 Å². The normalized spacial score (nSPS) is 10.8. The summed E-state index contributed by atoms with van der Waals surface area (Å²) in [6.07, 6.45) is 0. The van der Waals surface area contributed by atoms with E-state index in [0.717, 1.165) is 33.4 Å². The molecule has 0 radical (unpaired) electrons. The largest absolute Gasteiger partial charge is 0.289 e. The van der Waals surface area contributed by atoms with E-state index in [0.29, 0.717) is 44.5 Å². The van der Waals surface area contributed by atoms with Crippen molar-refractivity contribution < 1.29 is 19.2 Å². The molecule has 250 valence electrons. The Hall–Kier alpha value is -6.78. The number of carbonyl (C=O) groups is 4. The highest BCUT2D eigenvalue weighted by Crippen LogP contribution is 2.25. The molecule has 0 bridgehead atoms. The van der Waals surface area contributed by atoms with Crippen molar-refractivity contribution in [1.29, 1.82) is 0 Å². The number of hydrogen-bond acceptors (Lipinski definition) is 4. The minimum absolute atomic E-state index is 0.0273. The Morgan fingerprint density at radius 3 is 0.731 bits per heavy atom. The summed E-state index contributed by atoms with van der Waals surface area (Å²) < 4.78 is 0. The molecule has 52 heavy (non-hydrogen) atoms. The smallest absolute Gasteiger partial charge is 0.193 e. The molecule has 0 spiro atoms. The van der Waals surface area contributed by atoms with E-state index >= 15 is 0 Å². The quantitative estimate of drug-likeness (QED) is 0.135. The van der Waals surface area contributed by atoms with Crippen LogP contribution in [0.15, 0.2) is 170 Å². The van der Waals surface area contributed by atoms with Crippen LogP contribution in [-0.2, 0) is 0 Å². The van der Waals surface area contributed by atoms with E-state index in [9.17, 15) is 19.2 Å². The number of ketones is 4. The first kappa shape index (κ1) is 33.7. The Morgan fingerprint density at radius 2 is 0.481 bits per heavy atom. The third-order valence-corrected chi connectivity index (χ3v) is 9.27. The van der Waals surface area contributed by atoms with Crippen molar-refractivity contribution in [3.63, 3.8) is 0 Å². The van der Waals surface area contributed by atoms with Crippen LogP contribution in [0.5, 0.6) is 0 Å². The van der Waals surface area contributed by atoms with Gasteiger partial charge in [-0.05, 0) is 42.2 Å². The lowest BCUT2D eigenvalue weighted by molar-refractivity contribution is 0.102. The molecule has 0 saturated heterocycles. The van der Waals surface area contributed by atoms with Crippen LogP contribution in [0.4, 0.5) is 0 Å². The molecule has 0 aliphatic carbocycles. The molecule has 0 amide bonds. The van der Waals surface area contributed by atoms with Crippen LogP contribution >= 0.6 is 0 Å². The van der Waals surface area contributed by atoms with Gasteiger partial charge in [-0.15, -0.1) is 0 Å². The van der Waals surface area contributed by atoms with E-state index < -0.39 is 0 Å². The number of rotatable bonds is 10. The maximum Gasteiger partial charge on any atom is 0.193 e. The first-order chi connectivity index (χ1) is 25.2. The third kappa shape index (κ3) is 7.23. The molecule has 0 atom stereocenters. The number of hydrogen-bond donors (Lipinski definition) is 0. The number of carbonyl (C=O) groups excluding carboxylic acids is 4. The lowest BCUT2D eigenvalue weighted by Gasteiger charge is -2.08. The molecule has 0 aliphatic rings. The van der Waals surface area contributed by atoms with Gasteiger partial charge >= 0.3 is 0 Å². The molecule has 7 aromatic rings. The fourth-order valence-electron chi connectivity index (χ4n) is 6.13. The minimum Gasteiger partial charge on any atom is -0.289 e. The van der Waals surface area contributed by atoms with Gasteiger partial charge in [0.2, 0.25) is 0 Å². The molecular formula is C48H34O4. The van der Waals surface area contributed by atoms with Gasteiger partial charge in [-0.25, -0.2) is 0 Å². The summed E-state index contributed by atoms with van der Waals surface area (Å²) in [5.41, 5.74) is 10.3. The molecule has 0 aliphatic heterocycles. The van der Waals surface area contributed by atoms with Crippen molar-refractivity contribution in [1.82, 2.24) is 0 Å². The van der Waals surface area contributed by atoms with Crippen molar-refractivity contribution in [3.8, 4) is 22.3 Å². The zero-order valence-corrected chi connectivity index (χ0v) is 28.8. The second-order valence-corrected chi connectivity index (χ2v) is 12.9. The minimum atomic E-state index is -0.181. The summed E-state index contributed by atoms with van der Waals surface area (Å²) in [7, 11) is 0. The fourth-order valence-corrected chi connectivity index (χ4v) is 6.13. The Balaban J connectivity index is 1.01. The van der Waals surface area contributed by atoms with Crippen LogP contribution in [0.1, 0.15) is 74.8 Å². The molecule has 0 N–H and O–H groups in total. The highest BCUT2D eigenvalue weighted by Gasteiger charge is 2.16. The van der Waals surface area contributed by atoms with E-state index in [-0.39, 0.29) is 23.1 Å². The van der Waals surface area contributed by atoms with Crippen LogP contribution in [-0.4, -0.2) is 23.1 Å². The summed E-state index contributed by atoms with van der Waals surface area (Å²) in [6, 6.07) is 51.4. The van der Waals surface area contributed by atoms with Gasteiger partial charge in [-0.1, -0.05) is 175 Å². The fraction of sp³-hybridized carbons (Fsp3) is 0.0417. The van der Waals surface area contributed by atoms with Crippen LogP contribution in [0, 0.1) is 13.8 Å². The van der Waals surface area contributed by atoms with E-state index in [1.165, 1.54) is 0 Å². The third-order valence-electron chi connectivity index (χ3n) is 9.27. The van der Waals surface area contributed by atoms with Crippen LogP contribution in [0.25, 0.3) is 22.3 Å². The number of benzene rings is 7. The van der Waals surface area contributed by atoms with E-state index in [1.54, 1.807) is 48.5 Å². The SMILES string of the molecule is Cc1ccc(C(=O)c2ccc(-c3ccc(C(=O)c4cccc(C(=O)c5ccc(-c6ccc(C(=O)c7ccc(C)cc7)cc6)cc5)c4)cc3)cc2)cc1. The maximum atomic E-state index is 13.5. The van der Waals surface area contributed by atoms with Crippen LogP contribution in [0.3, 0.4) is 0 Å². The van der Waals surface area contributed by atoms with E-state index in [4.69, 9.17) is 0 Å². The highest BCUT2D eigenvalue weighted by atomic mass is 16.1. The summed E-state index contributed by atoms with van der Waals surface area (Å²) in [5, 5.41) is 0. The van der Waals surface area contributed by atoms with Gasteiger partial charge in [0.05, 0.1) is 0 Å². The standard InChI is InChI=1S/C48H34O4/c1-31-6-10-37(11-7-31)45(49)39-22-14-33(15-23-39)35-18-26-41(27-19-35)47(51)43-4-3-5-44(30-43)48(52)42-28-20-36(21-29-42)34-16-24-40(25-17-34)46(50)38-12-8-32(2)9-13-38/h3-30H,1-2H3. The monoisotopic (exact) mass is 674 g/mol. The molecule has 0 unspecified atom stereocenters. The molecule has 0 aromatic heterocycles. The van der Waals surface area contributed by atoms with Gasteiger partial charge in [0.15, 0.2) is 23.1 Å². The Morgan fingerprint density at radius 1 is 0.269 bits per heavy atom.